The number of benzene rings is 1. The van der Waals surface area contributed by atoms with Crippen LogP contribution in [-0.2, 0) is 12.7 Å². The Bertz CT molecular complexity index is 383. The van der Waals surface area contributed by atoms with Gasteiger partial charge in [-0.3, -0.25) is 0 Å². The van der Waals surface area contributed by atoms with Gasteiger partial charge in [0.05, 0.1) is 5.56 Å². The minimum absolute atomic E-state index is 0.104. The van der Waals surface area contributed by atoms with Crippen LogP contribution in [0.5, 0.6) is 0 Å². The third-order valence-corrected chi connectivity index (χ3v) is 3.20. The zero-order valence-corrected chi connectivity index (χ0v) is 11.1. The highest BCUT2D eigenvalue weighted by molar-refractivity contribution is 5.29. The molecule has 0 bridgehead atoms. The molecular weight excluding hydrogens is 239 g/mol. The molecule has 0 fully saturated rings. The number of hydrogen-bond acceptors (Lipinski definition) is 1. The van der Waals surface area contributed by atoms with Gasteiger partial charge in [-0.15, -0.1) is 0 Å². The van der Waals surface area contributed by atoms with Gasteiger partial charge < -0.3 is 5.32 Å². The van der Waals surface area contributed by atoms with E-state index in [2.05, 4.69) is 26.1 Å². The van der Waals surface area contributed by atoms with Gasteiger partial charge in [-0.25, -0.2) is 0 Å². The van der Waals surface area contributed by atoms with Gasteiger partial charge in [-0.05, 0) is 23.5 Å². The van der Waals surface area contributed by atoms with E-state index in [0.29, 0.717) is 12.1 Å². The summed E-state index contributed by atoms with van der Waals surface area (Å²) in [6.07, 6.45) is -3.29. The second-order valence-corrected chi connectivity index (χ2v) is 5.28. The van der Waals surface area contributed by atoms with Crippen LogP contribution in [0.3, 0.4) is 0 Å². The van der Waals surface area contributed by atoms with E-state index in [4.69, 9.17) is 0 Å². The predicted molar refractivity (Wildman–Crippen MR) is 67.2 cm³/mol. The van der Waals surface area contributed by atoms with Crippen LogP contribution in [0.25, 0.3) is 0 Å². The van der Waals surface area contributed by atoms with Crippen molar-refractivity contribution in [1.82, 2.24) is 5.32 Å². The molecule has 0 saturated heterocycles. The van der Waals surface area contributed by atoms with Crippen LogP contribution in [0.15, 0.2) is 24.3 Å². The van der Waals surface area contributed by atoms with Gasteiger partial charge in [0.1, 0.15) is 0 Å². The SMILES string of the molecule is CCC(C)(C)CNCc1ccccc1C(F)(F)F. The lowest BCUT2D eigenvalue weighted by atomic mass is 9.90. The number of hydrogen-bond donors (Lipinski definition) is 1. The minimum Gasteiger partial charge on any atom is -0.312 e. The normalized spacial score (nSPS) is 12.8. The van der Waals surface area contributed by atoms with Crippen molar-refractivity contribution in [3.8, 4) is 0 Å². The molecule has 0 aliphatic rings. The maximum atomic E-state index is 12.7. The first-order valence-electron chi connectivity index (χ1n) is 6.12. The molecule has 0 atom stereocenters. The molecule has 1 rings (SSSR count). The summed E-state index contributed by atoms with van der Waals surface area (Å²) in [4.78, 5) is 0. The van der Waals surface area contributed by atoms with Gasteiger partial charge in [0.2, 0.25) is 0 Å². The van der Waals surface area contributed by atoms with Crippen molar-refractivity contribution < 1.29 is 13.2 Å². The first-order valence-corrected chi connectivity index (χ1v) is 6.12. The van der Waals surface area contributed by atoms with E-state index in [-0.39, 0.29) is 12.0 Å². The van der Waals surface area contributed by atoms with Crippen LogP contribution in [0.2, 0.25) is 0 Å². The number of halogens is 3. The topological polar surface area (TPSA) is 12.0 Å². The largest absolute Gasteiger partial charge is 0.416 e. The minimum atomic E-state index is -4.28. The van der Waals surface area contributed by atoms with Gasteiger partial charge in [-0.2, -0.15) is 13.2 Å². The van der Waals surface area contributed by atoms with E-state index in [1.165, 1.54) is 12.1 Å². The van der Waals surface area contributed by atoms with Gasteiger partial charge >= 0.3 is 6.18 Å². The van der Waals surface area contributed by atoms with Crippen molar-refractivity contribution in [3.63, 3.8) is 0 Å². The summed E-state index contributed by atoms with van der Waals surface area (Å²) in [5, 5.41) is 3.11. The summed E-state index contributed by atoms with van der Waals surface area (Å²) in [5.41, 5.74) is -0.142. The van der Waals surface area contributed by atoms with Gasteiger partial charge in [0.25, 0.3) is 0 Å². The summed E-state index contributed by atoms with van der Waals surface area (Å²) in [7, 11) is 0. The molecule has 1 aromatic carbocycles. The van der Waals surface area contributed by atoms with Gasteiger partial charge in [-0.1, -0.05) is 39.0 Å². The fourth-order valence-electron chi connectivity index (χ4n) is 1.61. The summed E-state index contributed by atoms with van der Waals surface area (Å²) in [5.74, 6) is 0. The molecule has 0 heterocycles. The Kier molecular flexibility index (Phi) is 4.79. The van der Waals surface area contributed by atoms with Crippen molar-refractivity contribution in [2.24, 2.45) is 5.41 Å². The third kappa shape index (κ3) is 4.33. The molecule has 0 aliphatic carbocycles. The van der Waals surface area contributed by atoms with Gasteiger partial charge in [0, 0.05) is 13.1 Å². The van der Waals surface area contributed by atoms with Crippen LogP contribution in [0, 0.1) is 5.41 Å². The summed E-state index contributed by atoms with van der Waals surface area (Å²) in [6, 6.07) is 5.70. The van der Waals surface area contributed by atoms with Crippen LogP contribution in [0.1, 0.15) is 38.3 Å². The Morgan fingerprint density at radius 2 is 1.72 bits per heavy atom. The molecule has 1 nitrogen and oxygen atoms in total. The number of alkyl halides is 3. The first-order chi connectivity index (χ1) is 8.26. The Morgan fingerprint density at radius 3 is 2.28 bits per heavy atom. The van der Waals surface area contributed by atoms with Crippen LogP contribution in [-0.4, -0.2) is 6.54 Å². The van der Waals surface area contributed by atoms with Crippen molar-refractivity contribution in [2.45, 2.75) is 39.9 Å². The summed E-state index contributed by atoms with van der Waals surface area (Å²) in [6.45, 7) is 7.21. The third-order valence-electron chi connectivity index (χ3n) is 3.20. The Balaban J connectivity index is 2.69. The first kappa shape index (κ1) is 15.0. The average Bonchev–Trinajstić information content (AvgIpc) is 2.28. The molecule has 0 aromatic heterocycles. The molecule has 102 valence electrons. The Labute approximate surface area is 106 Å². The van der Waals surface area contributed by atoms with E-state index < -0.39 is 11.7 Å². The van der Waals surface area contributed by atoms with E-state index in [1.54, 1.807) is 6.07 Å². The van der Waals surface area contributed by atoms with Crippen molar-refractivity contribution in [1.29, 1.82) is 0 Å². The van der Waals surface area contributed by atoms with Crippen LogP contribution < -0.4 is 5.32 Å². The lowest BCUT2D eigenvalue weighted by Crippen LogP contribution is -2.29. The second kappa shape index (κ2) is 5.74. The van der Waals surface area contributed by atoms with E-state index in [1.807, 2.05) is 0 Å². The highest BCUT2D eigenvalue weighted by atomic mass is 19.4. The Hall–Kier alpha value is -1.03. The molecule has 4 heteroatoms. The number of nitrogens with one attached hydrogen (secondary N) is 1. The Morgan fingerprint density at radius 1 is 1.11 bits per heavy atom. The lowest BCUT2D eigenvalue weighted by molar-refractivity contribution is -0.138. The maximum Gasteiger partial charge on any atom is 0.416 e. The molecule has 0 aliphatic heterocycles. The van der Waals surface area contributed by atoms with Crippen LogP contribution in [0.4, 0.5) is 13.2 Å². The smallest absolute Gasteiger partial charge is 0.312 e. The quantitative estimate of drug-likeness (QED) is 0.834. The second-order valence-electron chi connectivity index (χ2n) is 5.28. The maximum absolute atomic E-state index is 12.7. The van der Waals surface area contributed by atoms with Crippen molar-refractivity contribution in [2.75, 3.05) is 6.54 Å². The summed E-state index contributed by atoms with van der Waals surface area (Å²) >= 11 is 0. The van der Waals surface area contributed by atoms with Crippen molar-refractivity contribution in [3.05, 3.63) is 35.4 Å². The fourth-order valence-corrected chi connectivity index (χ4v) is 1.61. The molecular formula is C14H20F3N. The van der Waals surface area contributed by atoms with E-state index in [0.717, 1.165) is 12.5 Å². The molecule has 0 spiro atoms. The molecule has 18 heavy (non-hydrogen) atoms. The highest BCUT2D eigenvalue weighted by Crippen LogP contribution is 2.31. The lowest BCUT2D eigenvalue weighted by Gasteiger charge is -2.23. The predicted octanol–water partition coefficient (Wildman–Crippen LogP) is 4.23. The number of rotatable bonds is 5. The highest BCUT2D eigenvalue weighted by Gasteiger charge is 2.32. The summed E-state index contributed by atoms with van der Waals surface area (Å²) < 4.78 is 38.2. The monoisotopic (exact) mass is 259 g/mol. The zero-order valence-electron chi connectivity index (χ0n) is 11.1. The van der Waals surface area contributed by atoms with Crippen molar-refractivity contribution >= 4 is 0 Å². The fraction of sp³-hybridized carbons (Fsp3) is 0.571. The van der Waals surface area contributed by atoms with E-state index in [9.17, 15) is 13.2 Å². The molecule has 1 N–H and O–H groups in total. The van der Waals surface area contributed by atoms with E-state index >= 15 is 0 Å². The molecule has 0 saturated carbocycles. The zero-order chi connectivity index (χ0) is 13.8. The molecule has 0 amide bonds. The molecule has 1 aromatic rings. The molecule has 0 unspecified atom stereocenters. The molecule has 0 radical (unpaired) electrons. The standard InChI is InChI=1S/C14H20F3N/c1-4-13(2,3)10-18-9-11-7-5-6-8-12(11)14(15,16)17/h5-8,18H,4,9-10H2,1-3H3. The van der Waals surface area contributed by atoms with Gasteiger partial charge in [0.15, 0.2) is 0 Å². The average molecular weight is 259 g/mol. The van der Waals surface area contributed by atoms with Crippen LogP contribution >= 0.6 is 0 Å².